The third-order valence-corrected chi connectivity index (χ3v) is 5.82. The van der Waals surface area contributed by atoms with E-state index in [0.717, 1.165) is 5.17 Å². The molecule has 2 aliphatic heterocycles. The number of rotatable bonds is 3. The molecule has 3 rings (SSSR count). The van der Waals surface area contributed by atoms with Crippen molar-refractivity contribution in [2.24, 2.45) is 4.99 Å². The Kier molecular flexibility index (Phi) is 4.75. The normalized spacial score (nSPS) is 41.7. The van der Waals surface area contributed by atoms with Gasteiger partial charge in [0.25, 0.3) is 0 Å². The number of hydrogen-bond acceptors (Lipinski definition) is 7. The molecule has 1 saturated carbocycles. The number of nitrogens with one attached hydrogen (secondary N) is 2. The molecule has 4 N–H and O–H groups in total. The Morgan fingerprint density at radius 3 is 2.67 bits per heavy atom. The summed E-state index contributed by atoms with van der Waals surface area (Å²) in [6.07, 6.45) is 2.71. The third kappa shape index (κ3) is 3.07. The number of fused-ring (bicyclic) bond motifs is 1. The maximum atomic E-state index is 10.4. The summed E-state index contributed by atoms with van der Waals surface area (Å²) < 4.78 is 6.03. The molecule has 6 atom stereocenters. The standard InChI is InChI=1S/C14H25N3O3S/c1-7(16-8-5-3-4-6-8)12-11(19)10(18)9-13(20-12)21-14(15-2)17-9/h7-13,16,18-19H,3-6H2,1-2H3,(H,15,17)/t7-,9-,10-,11+,12-,13-/m1/s1. The van der Waals surface area contributed by atoms with Gasteiger partial charge in [-0.1, -0.05) is 24.6 Å². The van der Waals surface area contributed by atoms with Gasteiger partial charge in [-0.05, 0) is 19.8 Å². The molecule has 120 valence electrons. The van der Waals surface area contributed by atoms with E-state index in [9.17, 15) is 10.2 Å². The van der Waals surface area contributed by atoms with E-state index in [-0.39, 0.29) is 17.5 Å². The van der Waals surface area contributed by atoms with Gasteiger partial charge in [0.05, 0.1) is 0 Å². The highest BCUT2D eigenvalue weighted by Crippen LogP contribution is 2.36. The van der Waals surface area contributed by atoms with Gasteiger partial charge in [0.15, 0.2) is 5.17 Å². The van der Waals surface area contributed by atoms with Crippen LogP contribution in [0.4, 0.5) is 0 Å². The topological polar surface area (TPSA) is 86.1 Å². The molecule has 0 amide bonds. The quantitative estimate of drug-likeness (QED) is 0.589. The summed E-state index contributed by atoms with van der Waals surface area (Å²) in [5.74, 6) is 0. The van der Waals surface area contributed by atoms with Crippen molar-refractivity contribution in [2.75, 3.05) is 7.05 Å². The van der Waals surface area contributed by atoms with Crippen molar-refractivity contribution in [1.29, 1.82) is 0 Å². The van der Waals surface area contributed by atoms with Gasteiger partial charge in [0.2, 0.25) is 0 Å². The fraction of sp³-hybridized carbons (Fsp3) is 0.929. The first-order valence-corrected chi connectivity index (χ1v) is 8.68. The minimum Gasteiger partial charge on any atom is -0.388 e. The van der Waals surface area contributed by atoms with Crippen LogP contribution in [0, 0.1) is 0 Å². The minimum absolute atomic E-state index is 0.0120. The molecule has 0 bridgehead atoms. The average Bonchev–Trinajstić information content (AvgIpc) is 3.11. The van der Waals surface area contributed by atoms with E-state index in [1.54, 1.807) is 7.05 Å². The maximum absolute atomic E-state index is 10.4. The van der Waals surface area contributed by atoms with Crippen molar-refractivity contribution in [3.8, 4) is 0 Å². The number of ether oxygens (including phenoxy) is 1. The summed E-state index contributed by atoms with van der Waals surface area (Å²) in [6, 6.07) is 0.131. The molecule has 1 aliphatic carbocycles. The van der Waals surface area contributed by atoms with E-state index in [1.807, 2.05) is 6.92 Å². The van der Waals surface area contributed by atoms with Gasteiger partial charge >= 0.3 is 0 Å². The monoisotopic (exact) mass is 315 g/mol. The Balaban J connectivity index is 1.64. The van der Waals surface area contributed by atoms with Crippen molar-refractivity contribution >= 4 is 16.9 Å². The highest BCUT2D eigenvalue weighted by Gasteiger charge is 2.49. The van der Waals surface area contributed by atoms with E-state index in [1.165, 1.54) is 37.4 Å². The molecule has 0 spiro atoms. The van der Waals surface area contributed by atoms with E-state index in [4.69, 9.17) is 4.74 Å². The van der Waals surface area contributed by atoms with Gasteiger partial charge in [-0.25, -0.2) is 0 Å². The predicted octanol–water partition coefficient (Wildman–Crippen LogP) is 0.0446. The van der Waals surface area contributed by atoms with E-state index in [0.29, 0.717) is 6.04 Å². The lowest BCUT2D eigenvalue weighted by atomic mass is 9.94. The number of hydrogen-bond donors (Lipinski definition) is 4. The fourth-order valence-corrected chi connectivity index (χ4v) is 4.55. The highest BCUT2D eigenvalue weighted by atomic mass is 32.2. The number of aliphatic hydroxyl groups excluding tert-OH is 2. The van der Waals surface area contributed by atoms with Crippen LogP contribution >= 0.6 is 11.8 Å². The number of nitrogens with zero attached hydrogens (tertiary/aromatic N) is 1. The van der Waals surface area contributed by atoms with Crippen LogP contribution in [-0.2, 0) is 4.74 Å². The molecule has 0 aromatic carbocycles. The van der Waals surface area contributed by atoms with Crippen molar-refractivity contribution in [3.63, 3.8) is 0 Å². The summed E-state index contributed by atoms with van der Waals surface area (Å²) in [5.41, 5.74) is -0.219. The van der Waals surface area contributed by atoms with Crippen LogP contribution in [0.15, 0.2) is 4.99 Å². The smallest absolute Gasteiger partial charge is 0.159 e. The van der Waals surface area contributed by atoms with Gasteiger partial charge in [-0.3, -0.25) is 4.99 Å². The SMILES string of the molecule is CNC1=N[C@@H]2[C@@H](O)[C@H](O)[C@@H]([C@@H](C)NC3CCCC3)O[C@@H]2S1. The van der Waals surface area contributed by atoms with Gasteiger partial charge < -0.3 is 25.6 Å². The minimum atomic E-state index is -0.907. The summed E-state index contributed by atoms with van der Waals surface area (Å²) in [4.78, 5) is 4.37. The number of amidine groups is 1. The van der Waals surface area contributed by atoms with Crippen LogP contribution in [0.5, 0.6) is 0 Å². The van der Waals surface area contributed by atoms with Crippen LogP contribution in [-0.4, -0.2) is 64.3 Å². The second-order valence-corrected chi connectivity index (χ2v) is 7.27. The van der Waals surface area contributed by atoms with E-state index >= 15 is 0 Å². The molecule has 0 aromatic rings. The van der Waals surface area contributed by atoms with Gasteiger partial charge in [0, 0.05) is 19.1 Å². The van der Waals surface area contributed by atoms with Gasteiger partial charge in [-0.2, -0.15) is 0 Å². The Morgan fingerprint density at radius 2 is 2.00 bits per heavy atom. The molecule has 0 unspecified atom stereocenters. The predicted molar refractivity (Wildman–Crippen MR) is 83.4 cm³/mol. The molecule has 0 radical (unpaired) electrons. The number of thioether (sulfide) groups is 1. The lowest BCUT2D eigenvalue weighted by molar-refractivity contribution is -0.161. The van der Waals surface area contributed by atoms with Gasteiger partial charge in [-0.15, -0.1) is 0 Å². The summed E-state index contributed by atoms with van der Waals surface area (Å²) in [6.45, 7) is 2.03. The first-order chi connectivity index (χ1) is 10.1. The zero-order chi connectivity index (χ0) is 15.0. The third-order valence-electron chi connectivity index (χ3n) is 4.66. The summed E-state index contributed by atoms with van der Waals surface area (Å²) >= 11 is 1.48. The summed E-state index contributed by atoms with van der Waals surface area (Å²) in [5, 5.41) is 28.0. The lowest BCUT2D eigenvalue weighted by Crippen LogP contribution is -2.61. The van der Waals surface area contributed by atoms with Crippen molar-refractivity contribution < 1.29 is 14.9 Å². The Hall–Kier alpha value is -0.340. The Bertz CT molecular complexity index is 403. The molecule has 0 aromatic heterocycles. The van der Waals surface area contributed by atoms with E-state index in [2.05, 4.69) is 15.6 Å². The van der Waals surface area contributed by atoms with Crippen LogP contribution < -0.4 is 10.6 Å². The molecule has 2 fully saturated rings. The second-order valence-electron chi connectivity index (χ2n) is 6.18. The van der Waals surface area contributed by atoms with Crippen LogP contribution in [0.2, 0.25) is 0 Å². The fourth-order valence-electron chi connectivity index (χ4n) is 3.48. The maximum Gasteiger partial charge on any atom is 0.159 e. The Labute approximate surface area is 129 Å². The van der Waals surface area contributed by atoms with E-state index < -0.39 is 18.3 Å². The van der Waals surface area contributed by atoms with Gasteiger partial charge in [0.1, 0.15) is 29.8 Å². The lowest BCUT2D eigenvalue weighted by Gasteiger charge is -2.41. The molecule has 21 heavy (non-hydrogen) atoms. The van der Waals surface area contributed by atoms with Crippen LogP contribution in [0.25, 0.3) is 0 Å². The van der Waals surface area contributed by atoms with Crippen molar-refractivity contribution in [3.05, 3.63) is 0 Å². The molecular formula is C14H25N3O3S. The molecule has 3 aliphatic rings. The van der Waals surface area contributed by atoms with Crippen molar-refractivity contribution in [1.82, 2.24) is 10.6 Å². The molecule has 6 nitrogen and oxygen atoms in total. The van der Waals surface area contributed by atoms with Crippen LogP contribution in [0.3, 0.4) is 0 Å². The molecule has 1 saturated heterocycles. The number of aliphatic hydroxyl groups is 2. The number of aliphatic imine (C=N–C) groups is 1. The largest absolute Gasteiger partial charge is 0.388 e. The van der Waals surface area contributed by atoms with Crippen molar-refractivity contribution in [2.45, 2.75) is 74.5 Å². The molecule has 2 heterocycles. The summed E-state index contributed by atoms with van der Waals surface area (Å²) in [7, 11) is 1.80. The first kappa shape index (κ1) is 15.6. The zero-order valence-corrected chi connectivity index (χ0v) is 13.3. The average molecular weight is 315 g/mol. The Morgan fingerprint density at radius 1 is 1.29 bits per heavy atom. The second kappa shape index (κ2) is 6.42. The molecule has 7 heteroatoms. The van der Waals surface area contributed by atoms with Crippen LogP contribution in [0.1, 0.15) is 32.6 Å². The molecular weight excluding hydrogens is 290 g/mol. The zero-order valence-electron chi connectivity index (χ0n) is 12.5. The first-order valence-electron chi connectivity index (χ1n) is 7.80. The highest BCUT2D eigenvalue weighted by molar-refractivity contribution is 8.14.